The van der Waals surface area contributed by atoms with Crippen molar-refractivity contribution in [2.45, 2.75) is 25.3 Å². The molecule has 120 valence electrons. The first-order valence-electron chi connectivity index (χ1n) is 7.14. The van der Waals surface area contributed by atoms with Gasteiger partial charge in [-0.2, -0.15) is 0 Å². The Morgan fingerprint density at radius 3 is 2.52 bits per heavy atom. The molecule has 0 aromatic heterocycles. The van der Waals surface area contributed by atoms with Crippen molar-refractivity contribution >= 4 is 36.4 Å². The number of hydrogen-bond donors (Lipinski definition) is 1. The minimum Gasteiger partial charge on any atom is -0.314 e. The Morgan fingerprint density at radius 2 is 1.90 bits per heavy atom. The molecule has 0 spiro atoms. The van der Waals surface area contributed by atoms with Crippen molar-refractivity contribution < 1.29 is 4.39 Å². The minimum absolute atomic E-state index is 0. The maximum atomic E-state index is 13.5. The molecular formula is C15H22Cl3FN2. The van der Waals surface area contributed by atoms with E-state index in [1.54, 1.807) is 12.1 Å². The van der Waals surface area contributed by atoms with Crippen molar-refractivity contribution in [3.05, 3.63) is 34.6 Å². The Hall–Kier alpha value is -0.0600. The quantitative estimate of drug-likeness (QED) is 0.876. The van der Waals surface area contributed by atoms with Gasteiger partial charge in [0.05, 0.1) is 0 Å². The molecule has 1 aromatic carbocycles. The fourth-order valence-electron chi connectivity index (χ4n) is 2.91. The summed E-state index contributed by atoms with van der Waals surface area (Å²) in [5, 5.41) is 4.07. The summed E-state index contributed by atoms with van der Waals surface area (Å²) in [6.07, 6.45) is 3.74. The third-order valence-electron chi connectivity index (χ3n) is 4.16. The minimum atomic E-state index is -0.185. The van der Waals surface area contributed by atoms with E-state index in [1.165, 1.54) is 18.9 Å². The van der Waals surface area contributed by atoms with Crippen LogP contribution in [0, 0.1) is 11.7 Å². The maximum Gasteiger partial charge on any atom is 0.123 e. The number of benzene rings is 1. The van der Waals surface area contributed by atoms with E-state index < -0.39 is 0 Å². The van der Waals surface area contributed by atoms with Gasteiger partial charge in [-0.1, -0.05) is 24.4 Å². The van der Waals surface area contributed by atoms with Gasteiger partial charge in [-0.25, -0.2) is 4.39 Å². The lowest BCUT2D eigenvalue weighted by Crippen LogP contribution is -2.45. The van der Waals surface area contributed by atoms with Crippen LogP contribution in [0.1, 0.15) is 30.9 Å². The third-order valence-corrected chi connectivity index (χ3v) is 4.51. The van der Waals surface area contributed by atoms with Crippen LogP contribution in [0.5, 0.6) is 0 Å². The smallest absolute Gasteiger partial charge is 0.123 e. The van der Waals surface area contributed by atoms with E-state index in [0.29, 0.717) is 5.02 Å². The van der Waals surface area contributed by atoms with Crippen LogP contribution >= 0.6 is 36.4 Å². The van der Waals surface area contributed by atoms with Gasteiger partial charge in [-0.05, 0) is 36.1 Å². The Balaban J connectivity index is 0.00000110. The third kappa shape index (κ3) is 4.97. The summed E-state index contributed by atoms with van der Waals surface area (Å²) in [4.78, 5) is 2.45. The van der Waals surface area contributed by atoms with E-state index in [4.69, 9.17) is 11.6 Å². The van der Waals surface area contributed by atoms with Crippen LogP contribution in [-0.4, -0.2) is 31.1 Å². The van der Waals surface area contributed by atoms with E-state index in [1.807, 2.05) is 0 Å². The van der Waals surface area contributed by atoms with E-state index >= 15 is 0 Å². The Bertz CT molecular complexity index is 449. The number of nitrogens with zero attached hydrogens (tertiary/aromatic N) is 1. The molecule has 3 rings (SSSR count). The number of nitrogens with one attached hydrogen (secondary N) is 1. The SMILES string of the molecule is Cl.Cl.Fc1ccc(Cl)c([C@H](CC2CC2)N2CCNCC2)c1. The highest BCUT2D eigenvalue weighted by atomic mass is 35.5. The topological polar surface area (TPSA) is 15.3 Å². The molecule has 1 saturated carbocycles. The van der Waals surface area contributed by atoms with Gasteiger partial charge in [0, 0.05) is 37.2 Å². The second-order valence-electron chi connectivity index (χ2n) is 5.65. The Morgan fingerprint density at radius 1 is 1.24 bits per heavy atom. The van der Waals surface area contributed by atoms with Gasteiger partial charge in [-0.3, -0.25) is 4.90 Å². The van der Waals surface area contributed by atoms with Crippen LogP contribution in [0.2, 0.25) is 5.02 Å². The molecule has 2 nitrogen and oxygen atoms in total. The van der Waals surface area contributed by atoms with Crippen molar-refractivity contribution in [2.24, 2.45) is 5.92 Å². The molecular weight excluding hydrogens is 334 g/mol. The van der Waals surface area contributed by atoms with Crippen LogP contribution in [0.4, 0.5) is 4.39 Å². The van der Waals surface area contributed by atoms with Crippen molar-refractivity contribution in [1.29, 1.82) is 0 Å². The zero-order valence-electron chi connectivity index (χ0n) is 11.9. The molecule has 1 saturated heterocycles. The van der Waals surface area contributed by atoms with E-state index in [-0.39, 0.29) is 36.7 Å². The molecule has 1 atom stereocenters. The molecule has 2 aliphatic rings. The van der Waals surface area contributed by atoms with Gasteiger partial charge >= 0.3 is 0 Å². The van der Waals surface area contributed by atoms with E-state index in [0.717, 1.165) is 44.1 Å². The summed E-state index contributed by atoms with van der Waals surface area (Å²) in [7, 11) is 0. The monoisotopic (exact) mass is 354 g/mol. The standard InChI is InChI=1S/C15H20ClFN2.2ClH/c16-14-4-3-12(17)10-13(14)15(9-11-1-2-11)19-7-5-18-6-8-19;;/h3-4,10-11,15,18H,1-2,5-9H2;2*1H/t15-;;/m0../s1. The first-order valence-corrected chi connectivity index (χ1v) is 7.51. The zero-order valence-corrected chi connectivity index (χ0v) is 14.2. The van der Waals surface area contributed by atoms with Crippen molar-refractivity contribution in [3.63, 3.8) is 0 Å². The molecule has 21 heavy (non-hydrogen) atoms. The highest BCUT2D eigenvalue weighted by molar-refractivity contribution is 6.31. The molecule has 0 amide bonds. The molecule has 1 aliphatic carbocycles. The molecule has 1 aliphatic heterocycles. The van der Waals surface area contributed by atoms with Gasteiger partial charge in [0.1, 0.15) is 5.82 Å². The van der Waals surface area contributed by atoms with Crippen molar-refractivity contribution in [1.82, 2.24) is 10.2 Å². The average molecular weight is 356 g/mol. The van der Waals surface area contributed by atoms with Crippen molar-refractivity contribution in [2.75, 3.05) is 26.2 Å². The van der Waals surface area contributed by atoms with Crippen LogP contribution in [0.3, 0.4) is 0 Å². The lowest BCUT2D eigenvalue weighted by atomic mass is 9.98. The zero-order chi connectivity index (χ0) is 13.2. The summed E-state index contributed by atoms with van der Waals surface area (Å²) in [5.74, 6) is 0.620. The maximum absolute atomic E-state index is 13.5. The normalized spacial score (nSPS) is 20.3. The van der Waals surface area contributed by atoms with Crippen LogP contribution in [0.15, 0.2) is 18.2 Å². The molecule has 1 heterocycles. The average Bonchev–Trinajstić information content (AvgIpc) is 3.24. The first-order chi connectivity index (χ1) is 9.24. The second-order valence-corrected chi connectivity index (χ2v) is 6.05. The highest BCUT2D eigenvalue weighted by Gasteiger charge is 2.31. The molecule has 2 fully saturated rings. The van der Waals surface area contributed by atoms with Gasteiger partial charge in [0.2, 0.25) is 0 Å². The molecule has 1 N–H and O–H groups in total. The number of hydrogen-bond acceptors (Lipinski definition) is 2. The number of piperazine rings is 1. The fraction of sp³-hybridized carbons (Fsp3) is 0.600. The first kappa shape index (κ1) is 19.0. The van der Waals surface area contributed by atoms with Gasteiger partial charge < -0.3 is 5.32 Å². The molecule has 6 heteroatoms. The van der Waals surface area contributed by atoms with Crippen molar-refractivity contribution in [3.8, 4) is 0 Å². The Labute approximate surface area is 143 Å². The second kappa shape index (κ2) is 8.54. The predicted molar refractivity (Wildman–Crippen MR) is 90.4 cm³/mol. The Kier molecular flexibility index (Phi) is 7.72. The fourth-order valence-corrected chi connectivity index (χ4v) is 3.15. The lowest BCUT2D eigenvalue weighted by molar-refractivity contribution is 0.160. The highest BCUT2D eigenvalue weighted by Crippen LogP contribution is 2.41. The molecule has 1 aromatic rings. The van der Waals surface area contributed by atoms with E-state index in [9.17, 15) is 4.39 Å². The number of halogens is 4. The van der Waals surface area contributed by atoms with Crippen LogP contribution in [0.25, 0.3) is 0 Å². The van der Waals surface area contributed by atoms with Gasteiger partial charge in [0.15, 0.2) is 0 Å². The van der Waals surface area contributed by atoms with Crippen LogP contribution in [-0.2, 0) is 0 Å². The number of rotatable bonds is 4. The van der Waals surface area contributed by atoms with Gasteiger partial charge in [0.25, 0.3) is 0 Å². The molecule has 0 radical (unpaired) electrons. The summed E-state index contributed by atoms with van der Waals surface area (Å²) in [5.41, 5.74) is 0.968. The molecule has 0 bridgehead atoms. The van der Waals surface area contributed by atoms with Gasteiger partial charge in [-0.15, -0.1) is 24.8 Å². The molecule has 0 unspecified atom stereocenters. The van der Waals surface area contributed by atoms with Crippen LogP contribution < -0.4 is 5.32 Å². The summed E-state index contributed by atoms with van der Waals surface area (Å²) >= 11 is 6.31. The summed E-state index contributed by atoms with van der Waals surface area (Å²) in [6, 6.07) is 5.03. The summed E-state index contributed by atoms with van der Waals surface area (Å²) < 4.78 is 13.5. The summed E-state index contributed by atoms with van der Waals surface area (Å²) in [6.45, 7) is 4.05. The predicted octanol–water partition coefficient (Wildman–Crippen LogP) is 4.07. The largest absolute Gasteiger partial charge is 0.314 e. The van der Waals surface area contributed by atoms with E-state index in [2.05, 4.69) is 10.2 Å². The lowest BCUT2D eigenvalue weighted by Gasteiger charge is -2.35.